The Morgan fingerprint density at radius 1 is 1.40 bits per heavy atom. The van der Waals surface area contributed by atoms with Gasteiger partial charge in [-0.25, -0.2) is 14.8 Å². The molecule has 0 aromatic carbocycles. The van der Waals surface area contributed by atoms with Crippen molar-refractivity contribution in [1.82, 2.24) is 9.97 Å². The van der Waals surface area contributed by atoms with Crippen LogP contribution in [0.5, 0.6) is 0 Å². The zero-order valence-corrected chi connectivity index (χ0v) is 8.01. The summed E-state index contributed by atoms with van der Waals surface area (Å²) in [6, 6.07) is 3.40. The number of aromatic nitrogens is 2. The monoisotopic (exact) mass is 204 g/mol. The van der Waals surface area contributed by atoms with Crippen molar-refractivity contribution in [3.63, 3.8) is 0 Å². The lowest BCUT2D eigenvalue weighted by atomic mass is 10.2. The second-order valence-corrected chi connectivity index (χ2v) is 2.73. The number of esters is 1. The van der Waals surface area contributed by atoms with Crippen molar-refractivity contribution in [3.8, 4) is 11.5 Å². The van der Waals surface area contributed by atoms with Gasteiger partial charge in [-0.05, 0) is 12.1 Å². The van der Waals surface area contributed by atoms with Gasteiger partial charge >= 0.3 is 5.97 Å². The van der Waals surface area contributed by atoms with E-state index < -0.39 is 5.97 Å². The number of ether oxygens (including phenoxy) is 1. The Morgan fingerprint density at radius 3 is 2.93 bits per heavy atom. The second kappa shape index (κ2) is 3.91. The summed E-state index contributed by atoms with van der Waals surface area (Å²) in [4.78, 5) is 19.3. The van der Waals surface area contributed by atoms with Gasteiger partial charge in [0.15, 0.2) is 5.69 Å². The molecule has 0 atom stereocenters. The summed E-state index contributed by atoms with van der Waals surface area (Å²) in [7, 11) is 1.30. The van der Waals surface area contributed by atoms with E-state index in [4.69, 9.17) is 4.42 Å². The molecule has 76 valence electrons. The highest BCUT2D eigenvalue weighted by molar-refractivity contribution is 5.93. The van der Waals surface area contributed by atoms with Crippen LogP contribution in [-0.2, 0) is 4.74 Å². The fraction of sp³-hybridized carbons (Fsp3) is 0.100. The Kier molecular flexibility index (Phi) is 2.45. The summed E-state index contributed by atoms with van der Waals surface area (Å²) in [6.07, 6.45) is 4.45. The molecular formula is C10H8N2O3. The Hall–Kier alpha value is -2.17. The molecular weight excluding hydrogens is 196 g/mol. The van der Waals surface area contributed by atoms with Crippen LogP contribution in [0, 0.1) is 0 Å². The Balaban J connectivity index is 2.52. The van der Waals surface area contributed by atoms with Crippen LogP contribution in [0.15, 0.2) is 35.2 Å². The molecule has 0 spiro atoms. The largest absolute Gasteiger partial charge is 0.464 e. The normalized spacial score (nSPS) is 9.93. The third kappa shape index (κ3) is 1.71. The SMILES string of the molecule is COC(=O)c1ncccc1-c1ncco1. The zero-order chi connectivity index (χ0) is 10.7. The van der Waals surface area contributed by atoms with Gasteiger partial charge in [-0.1, -0.05) is 0 Å². The lowest BCUT2D eigenvalue weighted by Crippen LogP contribution is -2.06. The van der Waals surface area contributed by atoms with Gasteiger partial charge in [-0.2, -0.15) is 0 Å². The predicted octanol–water partition coefficient (Wildman–Crippen LogP) is 1.52. The number of hydrogen-bond donors (Lipinski definition) is 0. The summed E-state index contributed by atoms with van der Waals surface area (Å²) in [6.45, 7) is 0. The predicted molar refractivity (Wildman–Crippen MR) is 51.1 cm³/mol. The molecule has 0 fully saturated rings. The van der Waals surface area contributed by atoms with Crippen LogP contribution in [-0.4, -0.2) is 23.0 Å². The van der Waals surface area contributed by atoms with Crippen LogP contribution in [0.2, 0.25) is 0 Å². The number of rotatable bonds is 2. The van der Waals surface area contributed by atoms with E-state index in [0.29, 0.717) is 11.5 Å². The van der Waals surface area contributed by atoms with Crippen LogP contribution in [0.25, 0.3) is 11.5 Å². The van der Waals surface area contributed by atoms with Crippen molar-refractivity contribution in [2.75, 3.05) is 7.11 Å². The number of methoxy groups -OCH3 is 1. The molecule has 0 N–H and O–H groups in total. The minimum absolute atomic E-state index is 0.197. The minimum Gasteiger partial charge on any atom is -0.464 e. The van der Waals surface area contributed by atoms with Gasteiger partial charge in [0.05, 0.1) is 18.9 Å². The summed E-state index contributed by atoms with van der Waals surface area (Å²) < 4.78 is 9.70. The molecule has 2 aromatic heterocycles. The van der Waals surface area contributed by atoms with Crippen LogP contribution in [0.3, 0.4) is 0 Å². The number of carbonyl (C=O) groups excluding carboxylic acids is 1. The summed E-state index contributed by atoms with van der Waals surface area (Å²) in [5.41, 5.74) is 0.719. The molecule has 0 aliphatic carbocycles. The number of nitrogens with zero attached hydrogens (tertiary/aromatic N) is 2. The third-order valence-corrected chi connectivity index (χ3v) is 1.85. The summed E-state index contributed by atoms with van der Waals surface area (Å²) in [5, 5.41) is 0. The van der Waals surface area contributed by atoms with Crippen molar-refractivity contribution in [2.24, 2.45) is 0 Å². The van der Waals surface area contributed by atoms with E-state index in [-0.39, 0.29) is 5.69 Å². The quantitative estimate of drug-likeness (QED) is 0.694. The van der Waals surface area contributed by atoms with Gasteiger partial charge in [0.2, 0.25) is 5.89 Å². The summed E-state index contributed by atoms with van der Waals surface area (Å²) in [5.74, 6) is -0.160. The van der Waals surface area contributed by atoms with Crippen LogP contribution in [0.4, 0.5) is 0 Å². The van der Waals surface area contributed by atoms with Gasteiger partial charge in [0.25, 0.3) is 0 Å². The molecule has 0 saturated heterocycles. The molecule has 0 radical (unpaired) electrons. The van der Waals surface area contributed by atoms with Gasteiger partial charge in [0, 0.05) is 6.20 Å². The van der Waals surface area contributed by atoms with E-state index in [0.717, 1.165) is 0 Å². The van der Waals surface area contributed by atoms with Crippen molar-refractivity contribution in [3.05, 3.63) is 36.5 Å². The maximum absolute atomic E-state index is 11.4. The zero-order valence-electron chi connectivity index (χ0n) is 8.01. The van der Waals surface area contributed by atoms with Crippen molar-refractivity contribution < 1.29 is 13.9 Å². The maximum Gasteiger partial charge on any atom is 0.357 e. The number of hydrogen-bond acceptors (Lipinski definition) is 5. The van der Waals surface area contributed by atoms with Crippen LogP contribution >= 0.6 is 0 Å². The van der Waals surface area contributed by atoms with Crippen LogP contribution < -0.4 is 0 Å². The van der Waals surface area contributed by atoms with E-state index in [1.165, 1.54) is 25.8 Å². The van der Waals surface area contributed by atoms with Crippen molar-refractivity contribution in [2.45, 2.75) is 0 Å². The molecule has 2 rings (SSSR count). The van der Waals surface area contributed by atoms with Crippen molar-refractivity contribution >= 4 is 5.97 Å². The topological polar surface area (TPSA) is 65.2 Å². The molecule has 2 heterocycles. The van der Waals surface area contributed by atoms with Crippen LogP contribution in [0.1, 0.15) is 10.5 Å². The summed E-state index contributed by atoms with van der Waals surface area (Å²) >= 11 is 0. The van der Waals surface area contributed by atoms with Gasteiger partial charge in [-0.3, -0.25) is 0 Å². The number of pyridine rings is 1. The molecule has 5 nitrogen and oxygen atoms in total. The molecule has 0 bridgehead atoms. The highest BCUT2D eigenvalue weighted by atomic mass is 16.5. The number of carbonyl (C=O) groups is 1. The van der Waals surface area contributed by atoms with E-state index in [2.05, 4.69) is 14.7 Å². The first kappa shape index (κ1) is 9.39. The Labute approximate surface area is 85.7 Å². The minimum atomic E-state index is -0.510. The third-order valence-electron chi connectivity index (χ3n) is 1.85. The Morgan fingerprint density at radius 2 is 2.27 bits per heavy atom. The van der Waals surface area contributed by atoms with Gasteiger partial charge in [-0.15, -0.1) is 0 Å². The van der Waals surface area contributed by atoms with Crippen molar-refractivity contribution in [1.29, 1.82) is 0 Å². The van der Waals surface area contributed by atoms with E-state index in [1.54, 1.807) is 12.1 Å². The standard InChI is InChI=1S/C10H8N2O3/c1-14-10(13)8-7(3-2-4-11-8)9-12-5-6-15-9/h2-6H,1H3. The molecule has 0 unspecified atom stereocenters. The van der Waals surface area contributed by atoms with E-state index in [9.17, 15) is 4.79 Å². The average molecular weight is 204 g/mol. The molecule has 5 heteroatoms. The molecule has 2 aromatic rings. The first-order valence-electron chi connectivity index (χ1n) is 4.26. The first-order chi connectivity index (χ1) is 7.33. The molecule has 15 heavy (non-hydrogen) atoms. The van der Waals surface area contributed by atoms with E-state index >= 15 is 0 Å². The lowest BCUT2D eigenvalue weighted by molar-refractivity contribution is 0.0594. The smallest absolute Gasteiger partial charge is 0.357 e. The van der Waals surface area contributed by atoms with Gasteiger partial charge < -0.3 is 9.15 Å². The molecule has 0 saturated carbocycles. The highest BCUT2D eigenvalue weighted by Gasteiger charge is 2.16. The highest BCUT2D eigenvalue weighted by Crippen LogP contribution is 2.20. The van der Waals surface area contributed by atoms with E-state index in [1.807, 2.05) is 0 Å². The second-order valence-electron chi connectivity index (χ2n) is 2.73. The van der Waals surface area contributed by atoms with Gasteiger partial charge in [0.1, 0.15) is 6.26 Å². The Bertz CT molecular complexity index is 465. The first-order valence-corrected chi connectivity index (χ1v) is 4.26. The average Bonchev–Trinajstić information content (AvgIpc) is 2.81. The molecule has 0 amide bonds. The molecule has 0 aliphatic rings. The number of oxazole rings is 1. The fourth-order valence-electron chi connectivity index (χ4n) is 1.19. The lowest BCUT2D eigenvalue weighted by Gasteiger charge is -2.02. The molecule has 0 aliphatic heterocycles. The fourth-order valence-corrected chi connectivity index (χ4v) is 1.19. The maximum atomic E-state index is 11.4.